The van der Waals surface area contributed by atoms with Crippen molar-refractivity contribution in [2.24, 2.45) is 5.73 Å². The third-order valence-corrected chi connectivity index (χ3v) is 5.31. The zero-order valence-corrected chi connectivity index (χ0v) is 15.6. The van der Waals surface area contributed by atoms with E-state index in [2.05, 4.69) is 4.72 Å². The number of carbonyl (C=O) groups is 1. The van der Waals surface area contributed by atoms with Gasteiger partial charge in [-0.2, -0.15) is 0 Å². The van der Waals surface area contributed by atoms with Gasteiger partial charge in [-0.05, 0) is 44.5 Å². The maximum absolute atomic E-state index is 12.2. The van der Waals surface area contributed by atoms with Crippen LogP contribution in [0.4, 0.5) is 0 Å². The van der Waals surface area contributed by atoms with Crippen molar-refractivity contribution in [3.05, 3.63) is 29.8 Å². The number of carbonyl (C=O) groups excluding carboxylic acids is 1. The lowest BCUT2D eigenvalue weighted by atomic mass is 10.2. The number of nitrogens with one attached hydrogen (secondary N) is 1. The van der Waals surface area contributed by atoms with Crippen LogP contribution in [0.5, 0.6) is 0 Å². The van der Waals surface area contributed by atoms with Gasteiger partial charge in [0.1, 0.15) is 0 Å². The van der Waals surface area contributed by atoms with Crippen molar-refractivity contribution >= 4 is 28.3 Å². The molecule has 0 fully saturated rings. The number of likely N-dealkylation sites (N-methyl/N-ethyl adjacent to an activating group) is 1. The summed E-state index contributed by atoms with van der Waals surface area (Å²) in [6.45, 7) is 5.93. The van der Waals surface area contributed by atoms with Crippen molar-refractivity contribution in [1.29, 1.82) is 0 Å². The highest BCUT2D eigenvalue weighted by Gasteiger charge is 2.19. The Kier molecular flexibility index (Phi) is 8.76. The van der Waals surface area contributed by atoms with E-state index in [1.54, 1.807) is 18.9 Å². The zero-order valence-electron chi connectivity index (χ0n) is 13.9. The number of hydrogen-bond acceptors (Lipinski definition) is 4. The zero-order chi connectivity index (χ0) is 16.9. The van der Waals surface area contributed by atoms with E-state index in [9.17, 15) is 13.2 Å². The fourth-order valence-electron chi connectivity index (χ4n) is 1.75. The van der Waals surface area contributed by atoms with E-state index in [0.29, 0.717) is 18.5 Å². The first-order chi connectivity index (χ1) is 10.2. The first-order valence-electron chi connectivity index (χ1n) is 7.32. The Hall–Kier alpha value is -1.15. The maximum atomic E-state index is 12.2. The second kappa shape index (κ2) is 9.22. The van der Waals surface area contributed by atoms with E-state index >= 15 is 0 Å². The fraction of sp³-hybridized carbons (Fsp3) is 0.533. The number of hydrogen-bond donors (Lipinski definition) is 2. The van der Waals surface area contributed by atoms with Crippen LogP contribution in [0.1, 0.15) is 37.6 Å². The lowest BCUT2D eigenvalue weighted by molar-refractivity contribution is 0.0748. The molecule has 1 amide bonds. The van der Waals surface area contributed by atoms with Crippen molar-refractivity contribution in [3.8, 4) is 0 Å². The smallest absolute Gasteiger partial charge is 0.253 e. The second-order valence-electron chi connectivity index (χ2n) is 5.46. The summed E-state index contributed by atoms with van der Waals surface area (Å²) in [4.78, 5) is 13.9. The van der Waals surface area contributed by atoms with Gasteiger partial charge >= 0.3 is 0 Å². The molecule has 6 nitrogen and oxygen atoms in total. The molecule has 3 N–H and O–H groups in total. The first-order valence-corrected chi connectivity index (χ1v) is 8.80. The standard InChI is InChI=1S/C15H25N3O3S.ClH/c1-5-11(2)17-22(20,21)14-8-6-13(7-9-14)15(19)18(4)12(3)10-16;/h6-9,11-12,17H,5,10,16H2,1-4H3;1H. The molecule has 0 aliphatic carbocycles. The molecular weight excluding hydrogens is 338 g/mol. The molecule has 1 aromatic carbocycles. The van der Waals surface area contributed by atoms with Gasteiger partial charge in [0.25, 0.3) is 5.91 Å². The van der Waals surface area contributed by atoms with E-state index in [1.165, 1.54) is 24.3 Å². The number of nitrogens with two attached hydrogens (primary N) is 1. The number of halogens is 1. The van der Waals surface area contributed by atoms with Gasteiger partial charge in [-0.15, -0.1) is 12.4 Å². The third kappa shape index (κ3) is 5.76. The van der Waals surface area contributed by atoms with Crippen LogP contribution in [0.15, 0.2) is 29.2 Å². The molecule has 1 aromatic rings. The van der Waals surface area contributed by atoms with Crippen LogP contribution in [-0.4, -0.2) is 44.9 Å². The van der Waals surface area contributed by atoms with Crippen LogP contribution < -0.4 is 10.5 Å². The Morgan fingerprint density at radius 3 is 2.22 bits per heavy atom. The molecular formula is C15H26ClN3O3S. The number of amides is 1. The van der Waals surface area contributed by atoms with Crippen LogP contribution in [0, 0.1) is 0 Å². The Bertz CT molecular complexity index is 605. The minimum Gasteiger partial charge on any atom is -0.338 e. The highest BCUT2D eigenvalue weighted by Crippen LogP contribution is 2.13. The number of nitrogens with zero attached hydrogens (tertiary/aromatic N) is 1. The molecule has 2 atom stereocenters. The van der Waals surface area contributed by atoms with Crippen molar-refractivity contribution in [3.63, 3.8) is 0 Å². The summed E-state index contributed by atoms with van der Waals surface area (Å²) in [5, 5.41) is 0. The van der Waals surface area contributed by atoms with Crippen molar-refractivity contribution < 1.29 is 13.2 Å². The van der Waals surface area contributed by atoms with Crippen LogP contribution >= 0.6 is 12.4 Å². The van der Waals surface area contributed by atoms with Gasteiger partial charge in [-0.1, -0.05) is 6.92 Å². The van der Waals surface area contributed by atoms with Gasteiger partial charge in [0, 0.05) is 31.2 Å². The average molecular weight is 364 g/mol. The molecule has 8 heteroatoms. The summed E-state index contributed by atoms with van der Waals surface area (Å²) in [7, 11) is -1.87. The summed E-state index contributed by atoms with van der Waals surface area (Å²) < 4.78 is 26.9. The van der Waals surface area contributed by atoms with E-state index < -0.39 is 10.0 Å². The Balaban J connectivity index is 0.00000484. The average Bonchev–Trinajstić information content (AvgIpc) is 2.52. The molecule has 0 aliphatic heterocycles. The molecule has 0 radical (unpaired) electrons. The monoisotopic (exact) mass is 363 g/mol. The second-order valence-corrected chi connectivity index (χ2v) is 7.17. The fourth-order valence-corrected chi connectivity index (χ4v) is 3.08. The minimum atomic E-state index is -3.55. The molecule has 2 unspecified atom stereocenters. The van der Waals surface area contributed by atoms with E-state index in [-0.39, 0.29) is 35.3 Å². The summed E-state index contributed by atoms with van der Waals surface area (Å²) in [6, 6.07) is 5.71. The summed E-state index contributed by atoms with van der Waals surface area (Å²) >= 11 is 0. The molecule has 0 saturated heterocycles. The van der Waals surface area contributed by atoms with Crippen LogP contribution in [0.2, 0.25) is 0 Å². The highest BCUT2D eigenvalue weighted by atomic mass is 35.5. The van der Waals surface area contributed by atoms with Crippen molar-refractivity contribution in [2.75, 3.05) is 13.6 Å². The quantitative estimate of drug-likeness (QED) is 0.769. The third-order valence-electron chi connectivity index (χ3n) is 3.70. The van der Waals surface area contributed by atoms with Crippen LogP contribution in [-0.2, 0) is 10.0 Å². The summed E-state index contributed by atoms with van der Waals surface area (Å²) in [6.07, 6.45) is 0.706. The van der Waals surface area contributed by atoms with E-state index in [4.69, 9.17) is 5.73 Å². The lowest BCUT2D eigenvalue weighted by Gasteiger charge is -2.23. The lowest BCUT2D eigenvalue weighted by Crippen LogP contribution is -2.39. The van der Waals surface area contributed by atoms with Gasteiger partial charge in [-0.3, -0.25) is 4.79 Å². The predicted octanol–water partition coefficient (Wildman–Crippen LogP) is 1.60. The molecule has 0 heterocycles. The number of benzene rings is 1. The minimum absolute atomic E-state index is 0. The van der Waals surface area contributed by atoms with E-state index in [0.717, 1.165) is 0 Å². The van der Waals surface area contributed by atoms with Crippen LogP contribution in [0.3, 0.4) is 0 Å². The summed E-state index contributed by atoms with van der Waals surface area (Å²) in [5.74, 6) is -0.184. The molecule has 132 valence electrons. The summed E-state index contributed by atoms with van der Waals surface area (Å²) in [5.41, 5.74) is 5.98. The molecule has 0 bridgehead atoms. The number of rotatable bonds is 7. The van der Waals surface area contributed by atoms with Gasteiger partial charge in [-0.25, -0.2) is 13.1 Å². The van der Waals surface area contributed by atoms with Gasteiger partial charge in [0.2, 0.25) is 10.0 Å². The predicted molar refractivity (Wildman–Crippen MR) is 94.4 cm³/mol. The van der Waals surface area contributed by atoms with Crippen LogP contribution in [0.25, 0.3) is 0 Å². The first kappa shape index (κ1) is 21.9. The maximum Gasteiger partial charge on any atom is 0.253 e. The molecule has 0 spiro atoms. The number of sulfonamides is 1. The Morgan fingerprint density at radius 1 is 1.26 bits per heavy atom. The van der Waals surface area contributed by atoms with Gasteiger partial charge in [0.15, 0.2) is 0 Å². The van der Waals surface area contributed by atoms with E-state index in [1.807, 2.05) is 13.8 Å². The Morgan fingerprint density at radius 2 is 1.78 bits per heavy atom. The van der Waals surface area contributed by atoms with Crippen molar-refractivity contribution in [2.45, 2.75) is 44.2 Å². The SMILES string of the molecule is CCC(C)NS(=O)(=O)c1ccc(C(=O)N(C)C(C)CN)cc1.Cl. The Labute approximate surface area is 144 Å². The molecule has 23 heavy (non-hydrogen) atoms. The molecule has 1 rings (SSSR count). The molecule has 0 aliphatic rings. The molecule has 0 aromatic heterocycles. The topological polar surface area (TPSA) is 92.5 Å². The normalized spacial score (nSPS) is 13.8. The highest BCUT2D eigenvalue weighted by molar-refractivity contribution is 7.89. The van der Waals surface area contributed by atoms with Gasteiger partial charge in [0.05, 0.1) is 4.90 Å². The van der Waals surface area contributed by atoms with Gasteiger partial charge < -0.3 is 10.6 Å². The largest absolute Gasteiger partial charge is 0.338 e. The van der Waals surface area contributed by atoms with Crippen molar-refractivity contribution in [1.82, 2.24) is 9.62 Å². The molecule has 0 saturated carbocycles.